The van der Waals surface area contributed by atoms with Gasteiger partial charge >= 0.3 is 12.0 Å². The first-order valence-corrected chi connectivity index (χ1v) is 8.83. The van der Waals surface area contributed by atoms with E-state index < -0.39 is 0 Å². The van der Waals surface area contributed by atoms with Crippen LogP contribution in [-0.4, -0.2) is 48.6 Å². The molecule has 24 heavy (non-hydrogen) atoms. The van der Waals surface area contributed by atoms with Crippen molar-refractivity contribution in [2.24, 2.45) is 5.92 Å². The summed E-state index contributed by atoms with van der Waals surface area (Å²) in [5, 5.41) is 3.73. The molecule has 0 radical (unpaired) electrons. The molecule has 1 amide bonds. The van der Waals surface area contributed by atoms with Gasteiger partial charge in [0.2, 0.25) is 0 Å². The van der Waals surface area contributed by atoms with Crippen molar-refractivity contribution in [1.29, 1.82) is 0 Å². The third-order valence-corrected chi connectivity index (χ3v) is 5.59. The number of nitrogens with one attached hydrogen (secondary N) is 1. The smallest absolute Gasteiger partial charge is 0.403 e. The Bertz CT molecular complexity index is 720. The first kappa shape index (κ1) is 15.5. The van der Waals surface area contributed by atoms with Crippen LogP contribution < -0.4 is 14.8 Å². The van der Waals surface area contributed by atoms with Gasteiger partial charge in [-0.1, -0.05) is 11.3 Å². The summed E-state index contributed by atoms with van der Waals surface area (Å²) in [7, 11) is 1.49. The third kappa shape index (κ3) is 3.11. The highest BCUT2D eigenvalue weighted by atomic mass is 32.1. The van der Waals surface area contributed by atoms with Crippen molar-refractivity contribution in [2.45, 2.75) is 18.9 Å². The molecule has 2 aromatic heterocycles. The summed E-state index contributed by atoms with van der Waals surface area (Å²) < 4.78 is 15.6. The van der Waals surface area contributed by atoms with E-state index in [1.807, 2.05) is 0 Å². The van der Waals surface area contributed by atoms with E-state index in [2.05, 4.69) is 15.2 Å². The van der Waals surface area contributed by atoms with Gasteiger partial charge in [-0.15, -0.1) is 0 Å². The number of thiophene rings is 1. The Morgan fingerprint density at radius 1 is 1.42 bits per heavy atom. The molecule has 3 aliphatic heterocycles. The van der Waals surface area contributed by atoms with Crippen molar-refractivity contribution in [1.82, 2.24) is 15.2 Å². The number of hydrogen-bond acceptors (Lipinski definition) is 7. The summed E-state index contributed by atoms with van der Waals surface area (Å²) in [5.74, 6) is 0.842. The van der Waals surface area contributed by atoms with Crippen molar-refractivity contribution in [3.8, 4) is 17.1 Å². The molecule has 5 rings (SSSR count). The Morgan fingerprint density at radius 3 is 2.92 bits per heavy atom. The van der Waals surface area contributed by atoms with Gasteiger partial charge in [-0.3, -0.25) is 4.79 Å². The number of amides is 1. The monoisotopic (exact) mass is 349 g/mol. The van der Waals surface area contributed by atoms with Crippen LogP contribution in [-0.2, 0) is 0 Å². The number of hydrogen-bond donors (Lipinski definition) is 1. The molecule has 7 nitrogen and oxygen atoms in total. The normalized spacial score (nSPS) is 25.5. The molecule has 3 aliphatic rings. The molecular formula is C16H19N3O4S. The standard InChI is InChI=1S/C16H19N3O4S/c1-21-13-8-17-16(22-13)23-14-3-2-12(24-14)15(20)18-11-9-19-6-4-10(11)5-7-19/h2-3,8,10-11H,4-7,9H2,1H3,(H,18,20). The molecule has 3 fully saturated rings. The van der Waals surface area contributed by atoms with Crippen LogP contribution in [0.1, 0.15) is 22.5 Å². The van der Waals surface area contributed by atoms with Crippen molar-refractivity contribution >= 4 is 17.2 Å². The zero-order chi connectivity index (χ0) is 16.5. The molecule has 1 unspecified atom stereocenters. The summed E-state index contributed by atoms with van der Waals surface area (Å²) in [4.78, 5) is 19.5. The van der Waals surface area contributed by atoms with Crippen LogP contribution in [0.15, 0.2) is 22.7 Å². The van der Waals surface area contributed by atoms with Crippen molar-refractivity contribution in [2.75, 3.05) is 26.7 Å². The molecule has 2 aromatic rings. The second-order valence-electron chi connectivity index (χ2n) is 6.09. The van der Waals surface area contributed by atoms with Gasteiger partial charge in [-0.05, 0) is 44.0 Å². The highest BCUT2D eigenvalue weighted by Gasteiger charge is 2.35. The summed E-state index contributed by atoms with van der Waals surface area (Å²) >= 11 is 1.27. The minimum atomic E-state index is -0.0430. The van der Waals surface area contributed by atoms with E-state index in [0.717, 1.165) is 19.6 Å². The Balaban J connectivity index is 1.38. The molecule has 3 saturated heterocycles. The fourth-order valence-electron chi connectivity index (χ4n) is 3.34. The fourth-order valence-corrected chi connectivity index (χ4v) is 4.09. The van der Waals surface area contributed by atoms with Gasteiger partial charge in [-0.25, -0.2) is 0 Å². The average molecular weight is 349 g/mol. The van der Waals surface area contributed by atoms with Crippen LogP contribution in [0, 0.1) is 5.92 Å². The number of carbonyl (C=O) groups excluding carboxylic acids is 1. The lowest BCUT2D eigenvalue weighted by molar-refractivity contribution is 0.0622. The number of piperidine rings is 3. The Labute approximate surface area is 143 Å². The van der Waals surface area contributed by atoms with Gasteiger partial charge in [0.15, 0.2) is 5.06 Å². The van der Waals surface area contributed by atoms with Crippen molar-refractivity contribution in [3.05, 3.63) is 23.2 Å². The molecule has 0 aliphatic carbocycles. The number of ether oxygens (including phenoxy) is 2. The predicted molar refractivity (Wildman–Crippen MR) is 87.9 cm³/mol. The minimum Gasteiger partial charge on any atom is -0.467 e. The summed E-state index contributed by atoms with van der Waals surface area (Å²) in [5.41, 5.74) is 0. The molecular weight excluding hydrogens is 330 g/mol. The zero-order valence-electron chi connectivity index (χ0n) is 13.4. The molecule has 2 bridgehead atoms. The largest absolute Gasteiger partial charge is 0.467 e. The quantitative estimate of drug-likeness (QED) is 0.893. The van der Waals surface area contributed by atoms with E-state index in [9.17, 15) is 4.79 Å². The maximum Gasteiger partial charge on any atom is 0.403 e. The van der Waals surface area contributed by atoms with Crippen LogP contribution in [0.2, 0.25) is 0 Å². The molecule has 0 saturated carbocycles. The molecule has 0 spiro atoms. The van der Waals surface area contributed by atoms with Crippen LogP contribution in [0.5, 0.6) is 17.1 Å². The summed E-state index contributed by atoms with van der Waals surface area (Å²) in [6.07, 6.45) is 3.88. The summed E-state index contributed by atoms with van der Waals surface area (Å²) in [6.45, 7) is 3.28. The van der Waals surface area contributed by atoms with Gasteiger partial charge < -0.3 is 24.1 Å². The van der Waals surface area contributed by atoms with Crippen molar-refractivity contribution < 1.29 is 18.7 Å². The molecule has 1 N–H and O–H groups in total. The van der Waals surface area contributed by atoms with E-state index in [1.54, 1.807) is 12.1 Å². The molecule has 1 atom stereocenters. The number of nitrogens with zero attached hydrogens (tertiary/aromatic N) is 2. The lowest BCUT2D eigenvalue weighted by atomic mass is 9.84. The second-order valence-corrected chi connectivity index (χ2v) is 7.13. The van der Waals surface area contributed by atoms with Gasteiger partial charge in [0.25, 0.3) is 5.91 Å². The molecule has 0 aromatic carbocycles. The number of oxazole rings is 1. The first-order chi connectivity index (χ1) is 11.7. The topological polar surface area (TPSA) is 76.8 Å². The van der Waals surface area contributed by atoms with E-state index >= 15 is 0 Å². The van der Waals surface area contributed by atoms with Gasteiger partial charge in [-0.2, -0.15) is 4.98 Å². The molecule has 128 valence electrons. The predicted octanol–water partition coefficient (Wildman–Crippen LogP) is 2.36. The first-order valence-electron chi connectivity index (χ1n) is 8.02. The van der Waals surface area contributed by atoms with E-state index in [-0.39, 0.29) is 24.0 Å². The summed E-state index contributed by atoms with van der Waals surface area (Å²) in [6, 6.07) is 3.76. The van der Waals surface area contributed by atoms with E-state index in [4.69, 9.17) is 13.9 Å². The van der Waals surface area contributed by atoms with Gasteiger partial charge in [0.05, 0.1) is 12.0 Å². The fraction of sp³-hybridized carbons (Fsp3) is 0.500. The maximum absolute atomic E-state index is 12.5. The SMILES string of the molecule is COc1cnc(Oc2ccc(C(=O)NC3CN4CCC3CC4)s2)o1. The molecule has 8 heteroatoms. The van der Waals surface area contributed by atoms with Gasteiger partial charge in [0.1, 0.15) is 6.20 Å². The lowest BCUT2D eigenvalue weighted by Gasteiger charge is -2.44. The average Bonchev–Trinajstić information content (AvgIpc) is 3.26. The maximum atomic E-state index is 12.5. The van der Waals surface area contributed by atoms with Crippen LogP contribution in [0.4, 0.5) is 0 Å². The third-order valence-electron chi connectivity index (χ3n) is 4.63. The Morgan fingerprint density at radius 2 is 2.25 bits per heavy atom. The van der Waals surface area contributed by atoms with Crippen LogP contribution in [0.3, 0.4) is 0 Å². The van der Waals surface area contributed by atoms with E-state index in [1.165, 1.54) is 37.5 Å². The number of fused-ring (bicyclic) bond motifs is 3. The highest BCUT2D eigenvalue weighted by molar-refractivity contribution is 7.15. The number of rotatable bonds is 5. The van der Waals surface area contributed by atoms with Gasteiger partial charge in [0, 0.05) is 12.6 Å². The Hall–Kier alpha value is -2.06. The Kier molecular flexibility index (Phi) is 4.15. The number of carbonyl (C=O) groups is 1. The van der Waals surface area contributed by atoms with Crippen LogP contribution in [0.25, 0.3) is 0 Å². The van der Waals surface area contributed by atoms with E-state index in [0.29, 0.717) is 15.9 Å². The number of aromatic nitrogens is 1. The van der Waals surface area contributed by atoms with Crippen molar-refractivity contribution in [3.63, 3.8) is 0 Å². The highest BCUT2D eigenvalue weighted by Crippen LogP contribution is 2.31. The zero-order valence-corrected chi connectivity index (χ0v) is 14.2. The number of methoxy groups -OCH3 is 1. The lowest BCUT2D eigenvalue weighted by Crippen LogP contribution is -2.57. The molecule has 5 heterocycles. The second kappa shape index (κ2) is 6.45. The van der Waals surface area contributed by atoms with Crippen LogP contribution >= 0.6 is 11.3 Å². The minimum absolute atomic E-state index is 0.0430.